The number of hydrogen-bond donors (Lipinski definition) is 3. The van der Waals surface area contributed by atoms with Crippen LogP contribution in [0.4, 0.5) is 19.1 Å². The summed E-state index contributed by atoms with van der Waals surface area (Å²) in [6.45, 7) is -0.211. The summed E-state index contributed by atoms with van der Waals surface area (Å²) in [5, 5.41) is 9.67. The van der Waals surface area contributed by atoms with E-state index in [1.165, 1.54) is 0 Å². The number of halogens is 3. The van der Waals surface area contributed by atoms with Crippen LogP contribution < -0.4 is 10.9 Å². The molecule has 2 amide bonds. The number of carbonyl (C=O) groups excluding carboxylic acids is 2. The number of hydrazine groups is 1. The maximum Gasteiger partial charge on any atom is 0.433 e. The molecule has 0 bridgehead atoms. The molecule has 3 N–H and O–H groups in total. The molecule has 0 saturated heterocycles. The van der Waals surface area contributed by atoms with Crippen molar-refractivity contribution in [3.8, 4) is 0 Å². The molecule has 1 heterocycles. The Bertz CT molecular complexity index is 610. The van der Waals surface area contributed by atoms with Crippen molar-refractivity contribution in [3.63, 3.8) is 0 Å². The van der Waals surface area contributed by atoms with Crippen molar-refractivity contribution < 1.29 is 28.0 Å². The molecule has 1 atom stereocenters. The minimum atomic E-state index is -4.63. The fourth-order valence-corrected chi connectivity index (χ4v) is 2.46. The van der Waals surface area contributed by atoms with Gasteiger partial charge in [-0.1, -0.05) is 19.3 Å². The topological polar surface area (TPSA) is 107 Å². The average molecular weight is 361 g/mol. The van der Waals surface area contributed by atoms with Crippen molar-refractivity contribution in [1.29, 1.82) is 0 Å². The molecule has 1 aromatic heterocycles. The second-order valence-corrected chi connectivity index (χ2v) is 5.83. The number of anilines is 1. The monoisotopic (exact) mass is 361 g/mol. The number of carbonyl (C=O) groups is 2. The average Bonchev–Trinajstić information content (AvgIpc) is 2.53. The molecule has 1 aromatic rings. The quantitative estimate of drug-likeness (QED) is 0.369. The number of nitrogens with one attached hydrogen (secondary N) is 2. The molecule has 0 spiro atoms. The molecule has 8 nitrogen and oxygen atoms in total. The van der Waals surface area contributed by atoms with E-state index in [2.05, 4.69) is 20.8 Å². The second kappa shape index (κ2) is 8.10. The van der Waals surface area contributed by atoms with Gasteiger partial charge in [0, 0.05) is 6.20 Å². The molecule has 138 valence electrons. The van der Waals surface area contributed by atoms with Gasteiger partial charge in [-0.15, -0.1) is 0 Å². The lowest BCUT2D eigenvalue weighted by Crippen LogP contribution is -2.41. The van der Waals surface area contributed by atoms with Crippen LogP contribution in [0.1, 0.15) is 31.4 Å². The molecular weight excluding hydrogens is 343 g/mol. The lowest BCUT2D eigenvalue weighted by molar-refractivity contribution is -0.155. The van der Waals surface area contributed by atoms with Crippen molar-refractivity contribution in [1.82, 2.24) is 20.5 Å². The Labute approximate surface area is 141 Å². The fourth-order valence-electron chi connectivity index (χ4n) is 2.46. The Morgan fingerprint density at radius 2 is 2.20 bits per heavy atom. The van der Waals surface area contributed by atoms with Crippen molar-refractivity contribution in [2.75, 3.05) is 12.0 Å². The summed E-state index contributed by atoms with van der Waals surface area (Å²) in [6.07, 6.45) is -0.0888. The van der Waals surface area contributed by atoms with E-state index >= 15 is 0 Å². The maximum absolute atomic E-state index is 12.6. The Morgan fingerprint density at radius 3 is 2.76 bits per heavy atom. The summed E-state index contributed by atoms with van der Waals surface area (Å²) in [7, 11) is 0. The molecule has 1 aliphatic carbocycles. The van der Waals surface area contributed by atoms with Gasteiger partial charge in [0.2, 0.25) is 18.3 Å². The van der Waals surface area contributed by atoms with Gasteiger partial charge in [0.25, 0.3) is 0 Å². The van der Waals surface area contributed by atoms with Gasteiger partial charge in [0.15, 0.2) is 0 Å². The molecular formula is C14H18F3N5O3. The molecule has 0 aliphatic heterocycles. The van der Waals surface area contributed by atoms with Crippen LogP contribution in [0.3, 0.4) is 0 Å². The second-order valence-electron chi connectivity index (χ2n) is 5.83. The minimum absolute atomic E-state index is 0.185. The molecule has 2 rings (SSSR count). The van der Waals surface area contributed by atoms with Gasteiger partial charge in [-0.25, -0.2) is 15.0 Å². The van der Waals surface area contributed by atoms with Crippen LogP contribution in [0.2, 0.25) is 0 Å². The van der Waals surface area contributed by atoms with Crippen LogP contribution in [0.25, 0.3) is 0 Å². The predicted octanol–water partition coefficient (Wildman–Crippen LogP) is 1.59. The van der Waals surface area contributed by atoms with Gasteiger partial charge < -0.3 is 0 Å². The normalized spacial score (nSPS) is 15.8. The first-order chi connectivity index (χ1) is 11.8. The van der Waals surface area contributed by atoms with Crippen molar-refractivity contribution in [2.24, 2.45) is 11.8 Å². The lowest BCUT2D eigenvalue weighted by atomic mass is 9.79. The zero-order chi connectivity index (χ0) is 18.4. The molecule has 0 aromatic carbocycles. The number of alkyl halides is 3. The van der Waals surface area contributed by atoms with Crippen molar-refractivity contribution in [2.45, 2.75) is 31.9 Å². The zero-order valence-electron chi connectivity index (χ0n) is 13.2. The van der Waals surface area contributed by atoms with E-state index in [1.807, 2.05) is 0 Å². The van der Waals surface area contributed by atoms with Gasteiger partial charge in [0.1, 0.15) is 5.69 Å². The largest absolute Gasteiger partial charge is 0.433 e. The number of aromatic nitrogens is 2. The van der Waals surface area contributed by atoms with E-state index in [0.717, 1.165) is 25.5 Å². The van der Waals surface area contributed by atoms with Crippen LogP contribution in [0, 0.1) is 11.8 Å². The molecule has 1 saturated carbocycles. The van der Waals surface area contributed by atoms with E-state index in [-0.39, 0.29) is 13.0 Å². The maximum atomic E-state index is 12.6. The Morgan fingerprint density at radius 1 is 1.48 bits per heavy atom. The van der Waals surface area contributed by atoms with E-state index in [1.54, 1.807) is 0 Å². The Kier molecular flexibility index (Phi) is 6.12. The summed E-state index contributed by atoms with van der Waals surface area (Å²) >= 11 is 0. The van der Waals surface area contributed by atoms with Crippen LogP contribution in [-0.2, 0) is 15.8 Å². The van der Waals surface area contributed by atoms with Crippen LogP contribution >= 0.6 is 0 Å². The highest BCUT2D eigenvalue weighted by atomic mass is 19.4. The highest BCUT2D eigenvalue weighted by Crippen LogP contribution is 2.32. The Balaban J connectivity index is 1.96. The van der Waals surface area contributed by atoms with Gasteiger partial charge in [-0.05, 0) is 18.4 Å². The molecule has 1 fully saturated rings. The predicted molar refractivity (Wildman–Crippen MR) is 78.8 cm³/mol. The van der Waals surface area contributed by atoms with Gasteiger partial charge in [-0.3, -0.25) is 25.6 Å². The first kappa shape index (κ1) is 18.9. The highest BCUT2D eigenvalue weighted by Gasteiger charge is 2.33. The molecule has 25 heavy (non-hydrogen) atoms. The van der Waals surface area contributed by atoms with Gasteiger partial charge in [0.05, 0.1) is 12.5 Å². The van der Waals surface area contributed by atoms with Crippen molar-refractivity contribution in [3.05, 3.63) is 18.0 Å². The smallest absolute Gasteiger partial charge is 0.286 e. The number of amides is 2. The lowest BCUT2D eigenvalue weighted by Gasteiger charge is -2.29. The summed E-state index contributed by atoms with van der Waals surface area (Å²) in [5.41, 5.74) is 3.31. The van der Waals surface area contributed by atoms with Gasteiger partial charge >= 0.3 is 6.18 Å². The number of rotatable bonds is 8. The molecule has 11 heteroatoms. The number of hydroxylamine groups is 2. The standard InChI is InChI=1S/C14H18F3N5O3/c15-14(16,17)11-4-5-18-13(19-11)21-20-12(24)10(7-22(25)8-23)6-9-2-1-3-9/h4-5,8-10,25H,1-3,6-7H2,(H,20,24)(H,18,19,21)/t10-/m0/s1. The van der Waals surface area contributed by atoms with E-state index < -0.39 is 29.6 Å². The summed E-state index contributed by atoms with van der Waals surface area (Å²) in [4.78, 5) is 29.6. The Hall–Kier alpha value is -2.43. The molecule has 0 unspecified atom stereocenters. The molecule has 0 radical (unpaired) electrons. The van der Waals surface area contributed by atoms with Crippen LogP contribution in [0.5, 0.6) is 0 Å². The number of hydrogen-bond acceptors (Lipinski definition) is 6. The van der Waals surface area contributed by atoms with E-state index in [9.17, 15) is 28.0 Å². The van der Waals surface area contributed by atoms with Crippen molar-refractivity contribution >= 4 is 18.3 Å². The zero-order valence-corrected chi connectivity index (χ0v) is 13.2. The van der Waals surface area contributed by atoms with Gasteiger partial charge in [-0.2, -0.15) is 13.2 Å². The van der Waals surface area contributed by atoms with Crippen LogP contribution in [-0.4, -0.2) is 39.1 Å². The first-order valence-corrected chi connectivity index (χ1v) is 7.66. The minimum Gasteiger partial charge on any atom is -0.286 e. The summed E-state index contributed by atoms with van der Waals surface area (Å²) < 4.78 is 37.8. The summed E-state index contributed by atoms with van der Waals surface area (Å²) in [6, 6.07) is 0.708. The van der Waals surface area contributed by atoms with E-state index in [4.69, 9.17) is 0 Å². The third kappa shape index (κ3) is 5.55. The van der Waals surface area contributed by atoms with E-state index in [0.29, 0.717) is 23.5 Å². The third-order valence-electron chi connectivity index (χ3n) is 3.99. The number of nitrogens with zero attached hydrogens (tertiary/aromatic N) is 3. The highest BCUT2D eigenvalue weighted by molar-refractivity contribution is 5.80. The van der Waals surface area contributed by atoms with Crippen LogP contribution in [0.15, 0.2) is 12.3 Å². The third-order valence-corrected chi connectivity index (χ3v) is 3.99. The summed E-state index contributed by atoms with van der Waals surface area (Å²) in [5.74, 6) is -1.38. The fraction of sp³-hybridized carbons (Fsp3) is 0.571. The SMILES string of the molecule is O=CN(O)C[C@H](CC1CCC1)C(=O)NNc1nccc(C(F)(F)F)n1. The molecule has 1 aliphatic rings. The first-order valence-electron chi connectivity index (χ1n) is 7.66.